The topological polar surface area (TPSA) is 90.8 Å². The van der Waals surface area contributed by atoms with E-state index in [1.54, 1.807) is 54.6 Å². The number of carbonyl (C=O) groups excluding carboxylic acids is 2. The molecule has 0 fully saturated rings. The molecule has 0 radical (unpaired) electrons. The lowest BCUT2D eigenvalue weighted by Crippen LogP contribution is -2.32. The van der Waals surface area contributed by atoms with E-state index < -0.39 is 11.8 Å². The van der Waals surface area contributed by atoms with Crippen LogP contribution in [0, 0.1) is 0 Å². The lowest BCUT2D eigenvalue weighted by Gasteiger charge is -2.08. The Labute approximate surface area is 165 Å². The molecule has 0 aliphatic heterocycles. The highest BCUT2D eigenvalue weighted by molar-refractivity contribution is 7.10. The van der Waals surface area contributed by atoms with Crippen molar-refractivity contribution in [3.05, 3.63) is 93.8 Å². The number of rotatable bonds is 6. The van der Waals surface area contributed by atoms with E-state index in [4.69, 9.17) is 0 Å². The first-order valence-corrected chi connectivity index (χ1v) is 9.24. The Hall–Kier alpha value is -3.71. The molecule has 3 N–H and O–H groups in total. The maximum absolute atomic E-state index is 12.5. The fourth-order valence-electron chi connectivity index (χ4n) is 2.28. The van der Waals surface area contributed by atoms with E-state index >= 15 is 0 Å². The van der Waals surface area contributed by atoms with Gasteiger partial charge in [-0.15, -0.1) is 11.3 Å². The van der Waals surface area contributed by atoms with Crippen molar-refractivity contribution in [2.75, 3.05) is 0 Å². The monoisotopic (exact) mass is 391 g/mol. The largest absolute Gasteiger partial charge is 0.507 e. The van der Waals surface area contributed by atoms with Crippen LogP contribution in [0.2, 0.25) is 0 Å². The molecule has 0 saturated heterocycles. The number of aromatic hydroxyl groups is 1. The van der Waals surface area contributed by atoms with Crippen molar-refractivity contribution in [2.24, 2.45) is 5.10 Å². The number of phenols is 1. The molecule has 3 rings (SSSR count). The SMILES string of the molecule is O=C(N/N=C/c1ccccc1O)C(=Cc1cccs1)NC(=O)c1ccccc1. The van der Waals surface area contributed by atoms with E-state index in [-0.39, 0.29) is 11.4 Å². The molecule has 7 heteroatoms. The van der Waals surface area contributed by atoms with E-state index in [9.17, 15) is 14.7 Å². The molecule has 0 aliphatic rings. The van der Waals surface area contributed by atoms with Gasteiger partial charge in [0, 0.05) is 16.0 Å². The van der Waals surface area contributed by atoms with Crippen LogP contribution in [0.15, 0.2) is 82.9 Å². The van der Waals surface area contributed by atoms with Crippen LogP contribution in [-0.2, 0) is 4.79 Å². The number of para-hydroxylation sites is 1. The van der Waals surface area contributed by atoms with Gasteiger partial charge in [0.25, 0.3) is 11.8 Å². The Kier molecular flexibility index (Phi) is 6.33. The zero-order chi connectivity index (χ0) is 19.8. The minimum absolute atomic E-state index is 0.0484. The zero-order valence-corrected chi connectivity index (χ0v) is 15.5. The summed E-state index contributed by atoms with van der Waals surface area (Å²) in [6, 6.07) is 18.9. The highest BCUT2D eigenvalue weighted by Crippen LogP contribution is 2.14. The van der Waals surface area contributed by atoms with Crippen LogP contribution in [0.1, 0.15) is 20.8 Å². The van der Waals surface area contributed by atoms with E-state index in [1.165, 1.54) is 23.6 Å². The second-order valence-corrected chi connectivity index (χ2v) is 6.63. The third kappa shape index (κ3) is 5.15. The molecule has 2 amide bonds. The molecule has 6 nitrogen and oxygen atoms in total. The van der Waals surface area contributed by atoms with E-state index in [2.05, 4.69) is 15.8 Å². The third-order valence-corrected chi connectivity index (χ3v) is 4.48. The van der Waals surface area contributed by atoms with Crippen LogP contribution < -0.4 is 10.7 Å². The molecule has 0 unspecified atom stereocenters. The molecule has 28 heavy (non-hydrogen) atoms. The van der Waals surface area contributed by atoms with Crippen molar-refractivity contribution in [2.45, 2.75) is 0 Å². The quantitative estimate of drug-likeness (QED) is 0.342. The fourth-order valence-corrected chi connectivity index (χ4v) is 2.93. The van der Waals surface area contributed by atoms with Gasteiger partial charge in [-0.2, -0.15) is 5.10 Å². The lowest BCUT2D eigenvalue weighted by molar-refractivity contribution is -0.117. The van der Waals surface area contributed by atoms with Gasteiger partial charge < -0.3 is 10.4 Å². The standard InChI is InChI=1S/C21H17N3O3S/c25-19-11-5-4-9-16(19)14-22-24-21(27)18(13-17-10-6-12-28-17)23-20(26)15-7-2-1-3-8-15/h1-14,25H,(H,23,26)(H,24,27)/b18-13?,22-14+. The van der Waals surface area contributed by atoms with Crippen LogP contribution >= 0.6 is 11.3 Å². The number of nitrogens with zero attached hydrogens (tertiary/aromatic N) is 1. The van der Waals surface area contributed by atoms with Crippen molar-refractivity contribution < 1.29 is 14.7 Å². The minimum atomic E-state index is -0.579. The predicted molar refractivity (Wildman–Crippen MR) is 110 cm³/mol. The number of phenolic OH excluding ortho intramolecular Hbond substituents is 1. The Morgan fingerprint density at radius 2 is 1.71 bits per heavy atom. The molecule has 3 aromatic rings. The van der Waals surface area contributed by atoms with Crippen LogP contribution in [0.4, 0.5) is 0 Å². The van der Waals surface area contributed by atoms with Crippen LogP contribution in [0.25, 0.3) is 6.08 Å². The summed E-state index contributed by atoms with van der Waals surface area (Å²) in [6.07, 6.45) is 2.91. The summed E-state index contributed by atoms with van der Waals surface area (Å²) in [6.45, 7) is 0. The van der Waals surface area contributed by atoms with E-state index in [0.29, 0.717) is 11.1 Å². The van der Waals surface area contributed by atoms with Crippen LogP contribution in [0.3, 0.4) is 0 Å². The maximum Gasteiger partial charge on any atom is 0.287 e. The van der Waals surface area contributed by atoms with Gasteiger partial charge in [-0.25, -0.2) is 5.43 Å². The average Bonchev–Trinajstić information content (AvgIpc) is 3.22. The number of benzene rings is 2. The number of hydrazone groups is 1. The number of hydrogen-bond donors (Lipinski definition) is 3. The molecule has 1 heterocycles. The van der Waals surface area contributed by atoms with Gasteiger partial charge in [-0.1, -0.05) is 36.4 Å². The van der Waals surface area contributed by atoms with Crippen molar-refractivity contribution in [3.8, 4) is 5.75 Å². The molecular formula is C21H17N3O3S. The number of nitrogens with one attached hydrogen (secondary N) is 2. The number of thiophene rings is 1. The van der Waals surface area contributed by atoms with Gasteiger partial charge in [0.2, 0.25) is 0 Å². The summed E-state index contributed by atoms with van der Waals surface area (Å²) in [5, 5.41) is 18.1. The Balaban J connectivity index is 1.76. The summed E-state index contributed by atoms with van der Waals surface area (Å²) in [5.74, 6) is -0.931. The molecule has 0 bridgehead atoms. The summed E-state index contributed by atoms with van der Waals surface area (Å²) >= 11 is 1.44. The number of hydrogen-bond acceptors (Lipinski definition) is 5. The highest BCUT2D eigenvalue weighted by atomic mass is 32.1. The van der Waals surface area contributed by atoms with Crippen molar-refractivity contribution in [1.29, 1.82) is 0 Å². The molecule has 140 valence electrons. The van der Waals surface area contributed by atoms with Gasteiger partial charge in [-0.3, -0.25) is 9.59 Å². The summed E-state index contributed by atoms with van der Waals surface area (Å²) in [5.41, 5.74) is 3.32. The fraction of sp³-hybridized carbons (Fsp3) is 0. The van der Waals surface area contributed by atoms with Crippen molar-refractivity contribution >= 4 is 35.4 Å². The Bertz CT molecular complexity index is 1010. The summed E-state index contributed by atoms with van der Waals surface area (Å²) in [4.78, 5) is 25.8. The average molecular weight is 391 g/mol. The van der Waals surface area contributed by atoms with Crippen LogP contribution in [-0.4, -0.2) is 23.1 Å². The summed E-state index contributed by atoms with van der Waals surface area (Å²) < 4.78 is 0. The molecule has 0 atom stereocenters. The van der Waals surface area contributed by atoms with Crippen LogP contribution in [0.5, 0.6) is 5.75 Å². The molecule has 1 aromatic heterocycles. The molecule has 2 aromatic carbocycles. The maximum atomic E-state index is 12.5. The van der Waals surface area contributed by atoms with Gasteiger partial charge in [-0.05, 0) is 41.8 Å². The van der Waals surface area contributed by atoms with Gasteiger partial charge in [0.1, 0.15) is 11.4 Å². The highest BCUT2D eigenvalue weighted by Gasteiger charge is 2.14. The second-order valence-electron chi connectivity index (χ2n) is 5.65. The number of amides is 2. The predicted octanol–water partition coefficient (Wildman–Crippen LogP) is 3.37. The van der Waals surface area contributed by atoms with Gasteiger partial charge >= 0.3 is 0 Å². The first kappa shape index (κ1) is 19.1. The van der Waals surface area contributed by atoms with E-state index in [1.807, 2.05) is 17.5 Å². The van der Waals surface area contributed by atoms with Crippen molar-refractivity contribution in [1.82, 2.24) is 10.7 Å². The molecule has 0 saturated carbocycles. The Morgan fingerprint density at radius 3 is 2.43 bits per heavy atom. The molecule has 0 aliphatic carbocycles. The zero-order valence-electron chi connectivity index (χ0n) is 14.7. The van der Waals surface area contributed by atoms with Gasteiger partial charge in [0.15, 0.2) is 0 Å². The molecule has 0 spiro atoms. The lowest BCUT2D eigenvalue weighted by atomic mass is 10.2. The van der Waals surface area contributed by atoms with Gasteiger partial charge in [0.05, 0.1) is 6.21 Å². The third-order valence-electron chi connectivity index (χ3n) is 3.67. The normalized spacial score (nSPS) is 11.4. The minimum Gasteiger partial charge on any atom is -0.507 e. The van der Waals surface area contributed by atoms with E-state index in [0.717, 1.165) is 4.88 Å². The first-order valence-electron chi connectivity index (χ1n) is 8.36. The summed E-state index contributed by atoms with van der Waals surface area (Å²) in [7, 11) is 0. The first-order chi connectivity index (χ1) is 13.6. The smallest absolute Gasteiger partial charge is 0.287 e. The number of carbonyl (C=O) groups is 2. The Morgan fingerprint density at radius 1 is 0.964 bits per heavy atom. The second kappa shape index (κ2) is 9.29. The molecular weight excluding hydrogens is 374 g/mol. The van der Waals surface area contributed by atoms with Crippen molar-refractivity contribution in [3.63, 3.8) is 0 Å².